The van der Waals surface area contributed by atoms with E-state index in [1.165, 1.54) is 20.3 Å². The van der Waals surface area contributed by atoms with Crippen LogP contribution in [0.4, 0.5) is 0 Å². The summed E-state index contributed by atoms with van der Waals surface area (Å²) in [5, 5.41) is 9.20. The van der Waals surface area contributed by atoms with Crippen LogP contribution in [0.25, 0.3) is 0 Å². The van der Waals surface area contributed by atoms with Crippen LogP contribution >= 0.6 is 71.2 Å². The first-order chi connectivity index (χ1) is 36.8. The maximum atomic E-state index is 12.6. The molecule has 4 aromatic rings. The van der Waals surface area contributed by atoms with Crippen LogP contribution in [-0.4, -0.2) is 61.4 Å². The summed E-state index contributed by atoms with van der Waals surface area (Å²) in [5.74, 6) is 0.0477. The molecule has 2 unspecified atom stereocenters. The standard InChI is InChI=1S/2C17H22ClNO3.2C12H14ClNO.C3H8.2ClH/c2*1-13(20)22-12-6-11-19-17(10-5-4-9-16(17)21)14-7-2-3-8-15(14)18;2*13-10-6-2-1-5-9(10)12(14)8-4-3-7-11(12)15;1-3-2;;/h2*2-3,7-8,19H,4-6,9-12H2,1H3;2*1-2,5-6H,3-4,7-8,14H2;3H2,1-2H3;2*1H/t17-;;12-;;;;/m0.0..../s1. The molecule has 0 aromatic heterocycles. The topological polar surface area (TPSA) is 197 Å². The van der Waals surface area contributed by atoms with Gasteiger partial charge in [-0.25, -0.2) is 0 Å². The smallest absolute Gasteiger partial charge is 0.302 e. The number of hydrogen-bond acceptors (Lipinski definition) is 12. The number of carbonyl (C=O) groups is 6. The van der Waals surface area contributed by atoms with E-state index in [0.29, 0.717) is 97.8 Å². The van der Waals surface area contributed by atoms with Crippen LogP contribution in [0.5, 0.6) is 0 Å². The second-order valence-corrected chi connectivity index (χ2v) is 21.8. The molecule has 12 nitrogen and oxygen atoms in total. The SMILES string of the molecule is CC(=O)OCCCNC1(c2ccccc2Cl)CCCCC1=O.CC(=O)OCCCN[C@]1(c2ccccc2Cl)CCCCC1=O.CCC.Cl.Cl.NC1(c2ccccc2Cl)CCCCC1=O.N[C@]1(c2ccccc2Cl)CCCCC1=O. The molecule has 4 aliphatic rings. The van der Waals surface area contributed by atoms with E-state index < -0.39 is 22.2 Å². The largest absolute Gasteiger partial charge is 0.466 e. The molecule has 0 saturated heterocycles. The third-order valence-corrected chi connectivity index (χ3v) is 15.6. The first-order valence-electron chi connectivity index (χ1n) is 27.3. The van der Waals surface area contributed by atoms with Crippen molar-refractivity contribution in [3.8, 4) is 0 Å². The van der Waals surface area contributed by atoms with Crippen molar-refractivity contribution >= 4 is 106 Å². The van der Waals surface area contributed by atoms with Gasteiger partial charge in [-0.3, -0.25) is 28.8 Å². The summed E-state index contributed by atoms with van der Waals surface area (Å²) in [4.78, 5) is 70.6. The Labute approximate surface area is 501 Å². The summed E-state index contributed by atoms with van der Waals surface area (Å²) in [6.45, 7) is 8.95. The molecule has 8 rings (SSSR count). The van der Waals surface area contributed by atoms with Crippen LogP contribution in [-0.2, 0) is 60.4 Å². The highest BCUT2D eigenvalue weighted by Crippen LogP contribution is 2.40. The number of ether oxygens (including phenoxy) is 2. The fraction of sp³-hybridized carbons (Fsp3) is 0.508. The van der Waals surface area contributed by atoms with Gasteiger partial charge in [-0.15, -0.1) is 24.8 Å². The molecule has 4 saturated carbocycles. The number of rotatable bonds is 14. The van der Waals surface area contributed by atoms with Gasteiger partial charge in [0.2, 0.25) is 0 Å². The fourth-order valence-electron chi connectivity index (χ4n) is 10.3. The third-order valence-electron chi connectivity index (χ3n) is 14.3. The molecule has 4 fully saturated rings. The van der Waals surface area contributed by atoms with E-state index in [9.17, 15) is 28.8 Å². The number of halogens is 6. The number of ketones is 4. The summed E-state index contributed by atoms with van der Waals surface area (Å²) >= 11 is 24.8. The molecule has 79 heavy (non-hydrogen) atoms. The molecule has 0 radical (unpaired) electrons. The number of Topliss-reactive ketones (excluding diaryl/α,β-unsaturated/α-hetero) is 4. The molecular formula is C61H82Cl6N4O8. The summed E-state index contributed by atoms with van der Waals surface area (Å²) in [7, 11) is 0. The molecule has 0 amide bonds. The van der Waals surface area contributed by atoms with Gasteiger partial charge < -0.3 is 31.6 Å². The van der Waals surface area contributed by atoms with E-state index >= 15 is 0 Å². The van der Waals surface area contributed by atoms with Crippen LogP contribution in [0.1, 0.15) is 172 Å². The van der Waals surface area contributed by atoms with E-state index in [2.05, 4.69) is 24.5 Å². The Morgan fingerprint density at radius 3 is 0.987 bits per heavy atom. The Bertz CT molecular complexity index is 2420. The third kappa shape index (κ3) is 20.2. The monoisotopic (exact) mass is 1210 g/mol. The van der Waals surface area contributed by atoms with Crippen molar-refractivity contribution in [1.29, 1.82) is 0 Å². The Hall–Kier alpha value is -3.92. The van der Waals surface area contributed by atoms with Gasteiger partial charge in [0.05, 0.1) is 13.2 Å². The van der Waals surface area contributed by atoms with E-state index in [1.54, 1.807) is 12.1 Å². The van der Waals surface area contributed by atoms with Gasteiger partial charge in [0, 0.05) is 59.6 Å². The molecule has 0 bridgehead atoms. The average Bonchev–Trinajstić information content (AvgIpc) is 3.44. The predicted octanol–water partition coefficient (Wildman–Crippen LogP) is 14.0. The van der Waals surface area contributed by atoms with Crippen molar-refractivity contribution in [2.75, 3.05) is 26.3 Å². The van der Waals surface area contributed by atoms with Crippen LogP contribution in [0.3, 0.4) is 0 Å². The van der Waals surface area contributed by atoms with Crippen LogP contribution in [0.2, 0.25) is 20.1 Å². The van der Waals surface area contributed by atoms with Gasteiger partial charge in [-0.05, 0) is 124 Å². The quantitative estimate of drug-likeness (QED) is 0.0690. The predicted molar refractivity (Wildman–Crippen MR) is 324 cm³/mol. The molecule has 0 heterocycles. The second-order valence-electron chi connectivity index (χ2n) is 20.1. The van der Waals surface area contributed by atoms with Crippen molar-refractivity contribution in [2.45, 2.75) is 172 Å². The number of carbonyl (C=O) groups excluding carboxylic acids is 6. The molecule has 4 atom stereocenters. The molecule has 6 N–H and O–H groups in total. The molecule has 0 aliphatic heterocycles. The Morgan fingerprint density at radius 2 is 0.722 bits per heavy atom. The number of esters is 2. The summed E-state index contributed by atoms with van der Waals surface area (Å²) in [6, 6.07) is 29.8. The lowest BCUT2D eigenvalue weighted by atomic mass is 9.75. The van der Waals surface area contributed by atoms with E-state index in [0.717, 1.165) is 86.5 Å². The highest BCUT2D eigenvalue weighted by molar-refractivity contribution is 6.33. The van der Waals surface area contributed by atoms with E-state index in [1.807, 2.05) is 84.9 Å². The lowest BCUT2D eigenvalue weighted by Gasteiger charge is -2.38. The minimum Gasteiger partial charge on any atom is -0.466 e. The van der Waals surface area contributed by atoms with Gasteiger partial charge in [0.25, 0.3) is 0 Å². The number of hydrogen-bond donors (Lipinski definition) is 4. The normalized spacial score (nSPS) is 22.4. The van der Waals surface area contributed by atoms with Gasteiger partial charge in [-0.2, -0.15) is 0 Å². The number of nitrogens with one attached hydrogen (secondary N) is 2. The Kier molecular flexibility index (Phi) is 32.3. The maximum absolute atomic E-state index is 12.6. The zero-order valence-electron chi connectivity index (χ0n) is 46.3. The zero-order valence-corrected chi connectivity index (χ0v) is 50.9. The molecule has 18 heteroatoms. The summed E-state index contributed by atoms with van der Waals surface area (Å²) in [5.41, 5.74) is 12.5. The molecule has 4 aliphatic carbocycles. The van der Waals surface area contributed by atoms with Gasteiger partial charge in [-0.1, -0.05) is 165 Å². The van der Waals surface area contributed by atoms with Crippen LogP contribution in [0.15, 0.2) is 97.1 Å². The molecule has 4 aromatic carbocycles. The minimum absolute atomic E-state index is 0. The number of benzene rings is 4. The van der Waals surface area contributed by atoms with Crippen molar-refractivity contribution in [3.63, 3.8) is 0 Å². The Morgan fingerprint density at radius 1 is 0.456 bits per heavy atom. The van der Waals surface area contributed by atoms with Crippen LogP contribution in [0, 0.1) is 0 Å². The molecule has 0 spiro atoms. The van der Waals surface area contributed by atoms with Crippen molar-refractivity contribution in [1.82, 2.24) is 10.6 Å². The van der Waals surface area contributed by atoms with Crippen molar-refractivity contribution in [3.05, 3.63) is 139 Å². The lowest BCUT2D eigenvalue weighted by Crippen LogP contribution is -2.51. The maximum Gasteiger partial charge on any atom is 0.302 e. The first kappa shape index (κ1) is 71.2. The van der Waals surface area contributed by atoms with Crippen molar-refractivity contribution < 1.29 is 38.2 Å². The van der Waals surface area contributed by atoms with E-state index in [4.69, 9.17) is 67.3 Å². The summed E-state index contributed by atoms with van der Waals surface area (Å²) < 4.78 is 9.86. The van der Waals surface area contributed by atoms with E-state index in [-0.39, 0.29) is 59.9 Å². The van der Waals surface area contributed by atoms with Gasteiger partial charge >= 0.3 is 11.9 Å². The Balaban J connectivity index is 0.000000356. The fourth-order valence-corrected chi connectivity index (χ4v) is 11.5. The number of nitrogens with two attached hydrogens (primary N) is 2. The van der Waals surface area contributed by atoms with Gasteiger partial charge in [0.1, 0.15) is 22.2 Å². The first-order valence-corrected chi connectivity index (χ1v) is 28.8. The van der Waals surface area contributed by atoms with Crippen LogP contribution < -0.4 is 22.1 Å². The zero-order chi connectivity index (χ0) is 56.5. The molecule has 436 valence electrons. The second kappa shape index (κ2) is 35.8. The van der Waals surface area contributed by atoms with Gasteiger partial charge in [0.15, 0.2) is 23.1 Å². The minimum atomic E-state index is -0.851. The summed E-state index contributed by atoms with van der Waals surface area (Å²) in [6.07, 6.45) is 15.5. The highest BCUT2D eigenvalue weighted by Gasteiger charge is 2.44. The highest BCUT2D eigenvalue weighted by atomic mass is 35.5. The lowest BCUT2D eigenvalue weighted by molar-refractivity contribution is -0.142. The van der Waals surface area contributed by atoms with Crippen molar-refractivity contribution in [2.24, 2.45) is 11.5 Å². The average molecular weight is 1210 g/mol. The molecular weight excluding hydrogens is 1130 g/mol.